The molecule has 4 heteroatoms. The minimum atomic E-state index is -0.0725. The Hall–Kier alpha value is -0.640. The molecule has 1 aromatic carbocycles. The van der Waals surface area contributed by atoms with Crippen molar-refractivity contribution in [2.24, 2.45) is 5.92 Å². The first-order chi connectivity index (χ1) is 8.75. The molecule has 106 valence electrons. The van der Waals surface area contributed by atoms with E-state index < -0.39 is 0 Å². The summed E-state index contributed by atoms with van der Waals surface area (Å²) in [6, 6.07) is 8.06. The zero-order valence-electron chi connectivity index (χ0n) is 11.3. The monoisotopic (exact) mass is 284 g/mol. The van der Waals surface area contributed by atoms with Gasteiger partial charge in [-0.25, -0.2) is 4.39 Å². The van der Waals surface area contributed by atoms with Gasteiger partial charge in [-0.3, -0.25) is 4.90 Å². The van der Waals surface area contributed by atoms with E-state index in [2.05, 4.69) is 17.1 Å². The van der Waals surface area contributed by atoms with Gasteiger partial charge in [-0.05, 0) is 38.3 Å². The summed E-state index contributed by atoms with van der Waals surface area (Å²) in [7, 11) is 0. The summed E-state index contributed by atoms with van der Waals surface area (Å²) in [6.45, 7) is 5.45. The summed E-state index contributed by atoms with van der Waals surface area (Å²) in [4.78, 5) is 2.44. The predicted molar refractivity (Wildman–Crippen MR) is 78.2 cm³/mol. The minimum Gasteiger partial charge on any atom is -0.314 e. The van der Waals surface area contributed by atoms with Gasteiger partial charge in [0.15, 0.2) is 0 Å². The minimum absolute atomic E-state index is 0. The molecule has 0 spiro atoms. The van der Waals surface area contributed by atoms with Gasteiger partial charge in [-0.1, -0.05) is 18.2 Å². The molecule has 2 fully saturated rings. The van der Waals surface area contributed by atoms with Crippen molar-refractivity contribution in [2.75, 3.05) is 19.6 Å². The molecule has 0 saturated carbocycles. The molecule has 0 aromatic heterocycles. The largest absolute Gasteiger partial charge is 0.314 e. The smallest absolute Gasteiger partial charge is 0.127 e. The maximum atomic E-state index is 13.8. The van der Waals surface area contributed by atoms with Gasteiger partial charge in [0.25, 0.3) is 0 Å². The highest BCUT2D eigenvalue weighted by Crippen LogP contribution is 2.31. The van der Waals surface area contributed by atoms with Crippen molar-refractivity contribution in [2.45, 2.75) is 31.8 Å². The fourth-order valence-electron chi connectivity index (χ4n) is 3.44. The summed E-state index contributed by atoms with van der Waals surface area (Å²) < 4.78 is 13.8. The summed E-state index contributed by atoms with van der Waals surface area (Å²) in [5.74, 6) is 0.685. The van der Waals surface area contributed by atoms with E-state index in [4.69, 9.17) is 0 Å². The lowest BCUT2D eigenvalue weighted by atomic mass is 9.91. The molecule has 1 N–H and O–H groups in total. The van der Waals surface area contributed by atoms with E-state index in [1.807, 2.05) is 12.1 Å². The van der Waals surface area contributed by atoms with Crippen LogP contribution in [0.2, 0.25) is 0 Å². The molecular formula is C15H22ClFN2. The molecule has 0 amide bonds. The molecule has 3 atom stereocenters. The molecular weight excluding hydrogens is 263 g/mol. The molecule has 2 aliphatic rings. The van der Waals surface area contributed by atoms with E-state index in [0.29, 0.717) is 6.04 Å². The molecule has 2 aliphatic heterocycles. The number of halogens is 2. The Labute approximate surface area is 120 Å². The second-order valence-electron chi connectivity index (χ2n) is 5.59. The van der Waals surface area contributed by atoms with Crippen LogP contribution >= 0.6 is 12.4 Å². The lowest BCUT2D eigenvalue weighted by Gasteiger charge is -2.38. The van der Waals surface area contributed by atoms with Gasteiger partial charge in [-0.15, -0.1) is 12.4 Å². The highest BCUT2D eigenvalue weighted by molar-refractivity contribution is 5.85. The Balaban J connectivity index is 0.00000133. The second-order valence-corrected chi connectivity index (χ2v) is 5.59. The average molecular weight is 285 g/mol. The number of nitrogens with one attached hydrogen (secondary N) is 1. The van der Waals surface area contributed by atoms with Gasteiger partial charge >= 0.3 is 0 Å². The van der Waals surface area contributed by atoms with Crippen molar-refractivity contribution in [1.29, 1.82) is 0 Å². The Morgan fingerprint density at radius 1 is 1.32 bits per heavy atom. The van der Waals surface area contributed by atoms with Crippen LogP contribution in [0.3, 0.4) is 0 Å². The number of likely N-dealkylation sites (tertiary alicyclic amines) is 1. The Kier molecular flexibility index (Phi) is 4.82. The lowest BCUT2D eigenvalue weighted by molar-refractivity contribution is 0.121. The molecule has 2 heterocycles. The van der Waals surface area contributed by atoms with Crippen LogP contribution < -0.4 is 5.32 Å². The van der Waals surface area contributed by atoms with Crippen LogP contribution in [-0.2, 0) is 0 Å². The highest BCUT2D eigenvalue weighted by Gasteiger charge is 2.34. The van der Waals surface area contributed by atoms with E-state index in [1.165, 1.54) is 12.8 Å². The van der Waals surface area contributed by atoms with Gasteiger partial charge in [0.05, 0.1) is 0 Å². The number of nitrogens with zero attached hydrogens (tertiary/aromatic N) is 1. The molecule has 3 unspecified atom stereocenters. The van der Waals surface area contributed by atoms with Gasteiger partial charge < -0.3 is 5.32 Å². The number of benzene rings is 1. The third-order valence-corrected chi connectivity index (χ3v) is 4.59. The third-order valence-electron chi connectivity index (χ3n) is 4.59. The fourth-order valence-corrected chi connectivity index (χ4v) is 3.44. The molecule has 0 aliphatic carbocycles. The van der Waals surface area contributed by atoms with Crippen molar-refractivity contribution in [1.82, 2.24) is 10.2 Å². The second kappa shape index (κ2) is 6.21. The summed E-state index contributed by atoms with van der Waals surface area (Å²) in [5.41, 5.74) is 0.835. The summed E-state index contributed by atoms with van der Waals surface area (Å²) in [5, 5.41) is 3.57. The number of fused-ring (bicyclic) bond motifs is 1. The third kappa shape index (κ3) is 2.93. The average Bonchev–Trinajstić information content (AvgIpc) is 2.85. The van der Waals surface area contributed by atoms with Crippen LogP contribution in [0, 0.1) is 11.7 Å². The van der Waals surface area contributed by atoms with Crippen LogP contribution in [0.4, 0.5) is 4.39 Å². The van der Waals surface area contributed by atoms with E-state index in [9.17, 15) is 4.39 Å². The van der Waals surface area contributed by atoms with Crippen LogP contribution in [-0.4, -0.2) is 30.6 Å². The Bertz CT molecular complexity index is 426. The predicted octanol–water partition coefficient (Wildman–Crippen LogP) is 2.99. The maximum absolute atomic E-state index is 13.8. The van der Waals surface area contributed by atoms with E-state index in [-0.39, 0.29) is 24.3 Å². The Morgan fingerprint density at radius 3 is 2.89 bits per heavy atom. The number of piperidine rings is 1. The first kappa shape index (κ1) is 14.8. The first-order valence-corrected chi connectivity index (χ1v) is 6.97. The van der Waals surface area contributed by atoms with E-state index >= 15 is 0 Å². The van der Waals surface area contributed by atoms with Crippen molar-refractivity contribution in [3.63, 3.8) is 0 Å². The van der Waals surface area contributed by atoms with Gasteiger partial charge in [0, 0.05) is 30.7 Å². The zero-order valence-corrected chi connectivity index (χ0v) is 12.1. The first-order valence-electron chi connectivity index (χ1n) is 6.97. The van der Waals surface area contributed by atoms with Crippen LogP contribution in [0.15, 0.2) is 24.3 Å². The van der Waals surface area contributed by atoms with Crippen LogP contribution in [0.5, 0.6) is 0 Å². The van der Waals surface area contributed by atoms with Gasteiger partial charge in [0.2, 0.25) is 0 Å². The SMILES string of the molecule is CC(c1ccccc1F)N1CCC2NCCC2C1.Cl. The van der Waals surface area contributed by atoms with Gasteiger partial charge in [-0.2, -0.15) is 0 Å². The number of hydrogen-bond donors (Lipinski definition) is 1. The Morgan fingerprint density at radius 2 is 2.11 bits per heavy atom. The lowest BCUT2D eigenvalue weighted by Crippen LogP contribution is -2.45. The zero-order chi connectivity index (χ0) is 12.5. The highest BCUT2D eigenvalue weighted by atomic mass is 35.5. The molecule has 2 nitrogen and oxygen atoms in total. The van der Waals surface area contributed by atoms with Crippen molar-refractivity contribution in [3.05, 3.63) is 35.6 Å². The molecule has 1 aromatic rings. The number of hydrogen-bond acceptors (Lipinski definition) is 2. The summed E-state index contributed by atoms with van der Waals surface area (Å²) in [6.07, 6.45) is 2.47. The molecule has 19 heavy (non-hydrogen) atoms. The van der Waals surface area contributed by atoms with Crippen molar-refractivity contribution in [3.8, 4) is 0 Å². The van der Waals surface area contributed by atoms with Crippen molar-refractivity contribution >= 4 is 12.4 Å². The van der Waals surface area contributed by atoms with Gasteiger partial charge in [0.1, 0.15) is 5.82 Å². The van der Waals surface area contributed by atoms with E-state index in [1.54, 1.807) is 12.1 Å². The molecule has 3 rings (SSSR count). The van der Waals surface area contributed by atoms with Crippen LogP contribution in [0.25, 0.3) is 0 Å². The van der Waals surface area contributed by atoms with Crippen molar-refractivity contribution < 1.29 is 4.39 Å². The van der Waals surface area contributed by atoms with E-state index in [0.717, 1.165) is 31.1 Å². The standard InChI is InChI=1S/C15H21FN2.ClH/c1-11(13-4-2-3-5-14(13)16)18-9-7-15-12(10-18)6-8-17-15;/h2-5,11-12,15,17H,6-10H2,1H3;1H. The van der Waals surface area contributed by atoms with Crippen LogP contribution in [0.1, 0.15) is 31.4 Å². The molecule has 2 saturated heterocycles. The maximum Gasteiger partial charge on any atom is 0.127 e. The molecule has 0 bridgehead atoms. The summed E-state index contributed by atoms with van der Waals surface area (Å²) >= 11 is 0. The topological polar surface area (TPSA) is 15.3 Å². The fraction of sp³-hybridized carbons (Fsp3) is 0.600. The normalized spacial score (nSPS) is 28.5. The number of rotatable bonds is 2. The quantitative estimate of drug-likeness (QED) is 0.898. The molecule has 0 radical (unpaired) electrons.